The fraction of sp³-hybridized carbons (Fsp3) is 0.900. The summed E-state index contributed by atoms with van der Waals surface area (Å²) in [5, 5.41) is 0. The van der Waals surface area contributed by atoms with Crippen LogP contribution >= 0.6 is 12.2 Å². The minimum atomic E-state index is 0.180. The lowest BCUT2D eigenvalue weighted by molar-refractivity contribution is 0.0708. The first-order valence-corrected chi connectivity index (χ1v) is 5.71. The summed E-state index contributed by atoms with van der Waals surface area (Å²) in [5.41, 5.74) is 5.64. The van der Waals surface area contributed by atoms with E-state index in [1.54, 1.807) is 0 Å². The van der Waals surface area contributed by atoms with Gasteiger partial charge in [-0.05, 0) is 26.3 Å². The molecule has 0 aromatic rings. The predicted octanol–water partition coefficient (Wildman–Crippen LogP) is 1.16. The van der Waals surface area contributed by atoms with Crippen molar-refractivity contribution in [3.05, 3.63) is 0 Å². The van der Waals surface area contributed by atoms with E-state index in [0.29, 0.717) is 11.1 Å². The van der Waals surface area contributed by atoms with Crippen LogP contribution in [0.2, 0.25) is 0 Å². The monoisotopic (exact) mass is 216 g/mol. The molecule has 3 nitrogen and oxygen atoms in total. The van der Waals surface area contributed by atoms with Crippen LogP contribution in [0, 0.1) is 0 Å². The van der Waals surface area contributed by atoms with E-state index in [4.69, 9.17) is 22.7 Å². The van der Waals surface area contributed by atoms with Crippen molar-refractivity contribution in [1.82, 2.24) is 4.90 Å². The Morgan fingerprint density at radius 1 is 1.71 bits per heavy atom. The van der Waals surface area contributed by atoms with Crippen LogP contribution in [0.25, 0.3) is 0 Å². The van der Waals surface area contributed by atoms with Gasteiger partial charge in [-0.15, -0.1) is 0 Å². The van der Waals surface area contributed by atoms with E-state index in [2.05, 4.69) is 18.7 Å². The third-order valence-corrected chi connectivity index (χ3v) is 3.17. The first kappa shape index (κ1) is 11.9. The fourth-order valence-electron chi connectivity index (χ4n) is 1.79. The summed E-state index contributed by atoms with van der Waals surface area (Å²) in [7, 11) is 0. The molecule has 0 aromatic heterocycles. The van der Waals surface area contributed by atoms with E-state index in [9.17, 15) is 0 Å². The highest BCUT2D eigenvalue weighted by Crippen LogP contribution is 2.14. The number of nitrogens with two attached hydrogens (primary N) is 1. The smallest absolute Gasteiger partial charge is 0.0899 e. The molecule has 14 heavy (non-hydrogen) atoms. The maximum Gasteiger partial charge on any atom is 0.0899 e. The summed E-state index contributed by atoms with van der Waals surface area (Å²) in [6.07, 6.45) is 2.73. The van der Waals surface area contributed by atoms with Gasteiger partial charge in [0, 0.05) is 13.2 Å². The van der Waals surface area contributed by atoms with Gasteiger partial charge in [0.1, 0.15) is 0 Å². The van der Waals surface area contributed by atoms with Gasteiger partial charge in [0.05, 0.1) is 17.1 Å². The normalized spacial score (nSPS) is 24.1. The van der Waals surface area contributed by atoms with Crippen molar-refractivity contribution >= 4 is 17.2 Å². The fourth-order valence-corrected chi connectivity index (χ4v) is 1.94. The van der Waals surface area contributed by atoms with Gasteiger partial charge in [0.15, 0.2) is 0 Å². The molecule has 0 bridgehead atoms. The number of ether oxygens (including phenoxy) is 1. The Bertz CT molecular complexity index is 193. The van der Waals surface area contributed by atoms with Crippen LogP contribution in [0.15, 0.2) is 0 Å². The van der Waals surface area contributed by atoms with E-state index in [1.165, 1.54) is 12.8 Å². The largest absolute Gasteiger partial charge is 0.392 e. The van der Waals surface area contributed by atoms with Gasteiger partial charge in [-0.3, -0.25) is 4.90 Å². The highest BCUT2D eigenvalue weighted by atomic mass is 32.1. The molecule has 2 unspecified atom stereocenters. The van der Waals surface area contributed by atoms with Crippen LogP contribution in [0.3, 0.4) is 0 Å². The molecular formula is C10H20N2OS. The van der Waals surface area contributed by atoms with Crippen molar-refractivity contribution in [2.24, 2.45) is 5.73 Å². The molecule has 4 heteroatoms. The molecule has 2 N–H and O–H groups in total. The predicted molar refractivity (Wildman–Crippen MR) is 62.5 cm³/mol. The van der Waals surface area contributed by atoms with E-state index < -0.39 is 0 Å². The first-order valence-electron chi connectivity index (χ1n) is 5.30. The van der Waals surface area contributed by atoms with Crippen LogP contribution in [0.1, 0.15) is 26.7 Å². The Kier molecular flexibility index (Phi) is 4.78. The van der Waals surface area contributed by atoms with Crippen molar-refractivity contribution in [3.63, 3.8) is 0 Å². The second-order valence-electron chi connectivity index (χ2n) is 3.80. The van der Waals surface area contributed by atoms with Crippen molar-refractivity contribution in [2.75, 3.05) is 19.7 Å². The van der Waals surface area contributed by atoms with Crippen molar-refractivity contribution in [1.29, 1.82) is 0 Å². The lowest BCUT2D eigenvalue weighted by Gasteiger charge is -2.29. The third kappa shape index (κ3) is 3.19. The van der Waals surface area contributed by atoms with Gasteiger partial charge in [0.2, 0.25) is 0 Å². The Morgan fingerprint density at radius 3 is 2.86 bits per heavy atom. The summed E-state index contributed by atoms with van der Waals surface area (Å²) >= 11 is 5.00. The highest BCUT2D eigenvalue weighted by Gasteiger charge is 2.22. The number of hydrogen-bond acceptors (Lipinski definition) is 3. The summed E-state index contributed by atoms with van der Waals surface area (Å²) in [5.74, 6) is 0. The molecule has 0 aliphatic carbocycles. The standard InChI is InChI=1S/C10H20N2OS/c1-3-12(8(2)10(11)14)7-9-5-4-6-13-9/h8-9H,3-7H2,1-2H3,(H2,11,14). The number of hydrogen-bond donors (Lipinski definition) is 1. The molecule has 1 saturated heterocycles. The number of nitrogens with zero attached hydrogens (tertiary/aromatic N) is 1. The van der Waals surface area contributed by atoms with Crippen molar-refractivity contribution in [2.45, 2.75) is 38.8 Å². The summed E-state index contributed by atoms with van der Waals surface area (Å²) in [6.45, 7) is 7.02. The zero-order valence-corrected chi connectivity index (χ0v) is 9.85. The molecule has 0 radical (unpaired) electrons. The van der Waals surface area contributed by atoms with E-state index in [-0.39, 0.29) is 6.04 Å². The molecular weight excluding hydrogens is 196 g/mol. The molecule has 1 aliphatic heterocycles. The van der Waals surface area contributed by atoms with Crippen LogP contribution in [-0.2, 0) is 4.74 Å². The molecule has 1 rings (SSSR count). The van der Waals surface area contributed by atoms with Gasteiger partial charge in [0.25, 0.3) is 0 Å². The molecule has 1 aliphatic rings. The maximum atomic E-state index is 5.64. The zero-order valence-electron chi connectivity index (χ0n) is 9.03. The van der Waals surface area contributed by atoms with Gasteiger partial charge >= 0.3 is 0 Å². The molecule has 0 saturated carbocycles. The Balaban J connectivity index is 2.40. The second-order valence-corrected chi connectivity index (χ2v) is 4.27. The molecule has 82 valence electrons. The van der Waals surface area contributed by atoms with E-state index in [0.717, 1.165) is 19.7 Å². The highest BCUT2D eigenvalue weighted by molar-refractivity contribution is 7.80. The Labute approximate surface area is 91.6 Å². The minimum absolute atomic E-state index is 0.180. The van der Waals surface area contributed by atoms with Gasteiger partial charge < -0.3 is 10.5 Å². The van der Waals surface area contributed by atoms with Gasteiger partial charge in [-0.2, -0.15) is 0 Å². The lowest BCUT2D eigenvalue weighted by atomic mass is 10.2. The van der Waals surface area contributed by atoms with Gasteiger partial charge in [-0.25, -0.2) is 0 Å². The SMILES string of the molecule is CCN(CC1CCCO1)C(C)C(N)=S. The van der Waals surface area contributed by atoms with E-state index >= 15 is 0 Å². The molecule has 1 heterocycles. The van der Waals surface area contributed by atoms with Crippen LogP contribution in [-0.4, -0.2) is 41.7 Å². The van der Waals surface area contributed by atoms with Gasteiger partial charge in [-0.1, -0.05) is 19.1 Å². The first-order chi connectivity index (χ1) is 6.65. The second kappa shape index (κ2) is 5.63. The van der Waals surface area contributed by atoms with E-state index in [1.807, 2.05) is 0 Å². The minimum Gasteiger partial charge on any atom is -0.392 e. The Hall–Kier alpha value is -0.190. The number of thiocarbonyl (C=S) groups is 1. The van der Waals surface area contributed by atoms with Crippen LogP contribution in [0.5, 0.6) is 0 Å². The van der Waals surface area contributed by atoms with Crippen LogP contribution in [0.4, 0.5) is 0 Å². The molecule has 2 atom stereocenters. The quantitative estimate of drug-likeness (QED) is 0.700. The average molecular weight is 216 g/mol. The maximum absolute atomic E-state index is 5.64. The summed E-state index contributed by atoms with van der Waals surface area (Å²) < 4.78 is 5.59. The third-order valence-electron chi connectivity index (χ3n) is 2.83. The molecule has 0 spiro atoms. The Morgan fingerprint density at radius 2 is 2.43 bits per heavy atom. The lowest BCUT2D eigenvalue weighted by Crippen LogP contribution is -2.45. The number of rotatable bonds is 5. The molecule has 1 fully saturated rings. The number of likely N-dealkylation sites (N-methyl/N-ethyl adjacent to an activating group) is 1. The average Bonchev–Trinajstić information content (AvgIpc) is 2.65. The van der Waals surface area contributed by atoms with Crippen LogP contribution < -0.4 is 5.73 Å². The summed E-state index contributed by atoms with van der Waals surface area (Å²) in [6, 6.07) is 0.180. The topological polar surface area (TPSA) is 38.5 Å². The van der Waals surface area contributed by atoms with Crippen molar-refractivity contribution in [3.8, 4) is 0 Å². The van der Waals surface area contributed by atoms with Crippen molar-refractivity contribution < 1.29 is 4.74 Å². The molecule has 0 aromatic carbocycles. The molecule has 0 amide bonds. The zero-order chi connectivity index (χ0) is 10.6. The summed E-state index contributed by atoms with van der Waals surface area (Å²) in [4.78, 5) is 2.85.